The van der Waals surface area contributed by atoms with E-state index >= 15 is 0 Å². The van der Waals surface area contributed by atoms with Crippen molar-refractivity contribution in [2.45, 2.75) is 25.7 Å². The van der Waals surface area contributed by atoms with Gasteiger partial charge in [0.05, 0.1) is 17.3 Å². The molecule has 1 aromatic rings. The lowest BCUT2D eigenvalue weighted by atomic mass is 9.96. The van der Waals surface area contributed by atoms with Crippen LogP contribution < -0.4 is 0 Å². The molecule has 20 heavy (non-hydrogen) atoms. The van der Waals surface area contributed by atoms with Crippen LogP contribution >= 0.6 is 0 Å². The van der Waals surface area contributed by atoms with Gasteiger partial charge in [0.1, 0.15) is 5.70 Å². The number of nitrogens with zero attached hydrogens (tertiary/aromatic N) is 2. The van der Waals surface area contributed by atoms with E-state index in [0.29, 0.717) is 28.8 Å². The van der Waals surface area contributed by atoms with Gasteiger partial charge in [-0.1, -0.05) is 31.7 Å². The van der Waals surface area contributed by atoms with Gasteiger partial charge in [-0.2, -0.15) is 14.0 Å². The van der Waals surface area contributed by atoms with Gasteiger partial charge in [-0.05, 0) is 24.1 Å². The zero-order chi connectivity index (χ0) is 14.8. The van der Waals surface area contributed by atoms with Crippen molar-refractivity contribution in [1.82, 2.24) is 0 Å². The van der Waals surface area contributed by atoms with Crippen molar-refractivity contribution in [1.29, 1.82) is 5.26 Å². The standard InChI is InChI=1S/C16H14F2N2/c1-3-16(17,18)14-9-4-11(2)15(20-14)13-7-5-12(10-19)6-8-13/h5-9H,2-4H2,1H3. The van der Waals surface area contributed by atoms with Gasteiger partial charge >= 0.3 is 0 Å². The smallest absolute Gasteiger partial charge is 0.247 e. The Kier molecular flexibility index (Phi) is 3.80. The van der Waals surface area contributed by atoms with E-state index in [1.165, 1.54) is 13.0 Å². The van der Waals surface area contributed by atoms with Crippen LogP contribution in [0.25, 0.3) is 0 Å². The molecule has 2 nitrogen and oxygen atoms in total. The van der Waals surface area contributed by atoms with Gasteiger partial charge in [-0.15, -0.1) is 0 Å². The Morgan fingerprint density at radius 1 is 1.35 bits per heavy atom. The van der Waals surface area contributed by atoms with Crippen molar-refractivity contribution in [2.75, 3.05) is 0 Å². The molecule has 0 aliphatic carbocycles. The van der Waals surface area contributed by atoms with Crippen molar-refractivity contribution in [3.63, 3.8) is 0 Å². The molecule has 0 saturated heterocycles. The Hall–Kier alpha value is -2.28. The van der Waals surface area contributed by atoms with Crippen LogP contribution in [0.4, 0.5) is 8.78 Å². The molecular weight excluding hydrogens is 258 g/mol. The summed E-state index contributed by atoms with van der Waals surface area (Å²) >= 11 is 0. The highest BCUT2D eigenvalue weighted by Gasteiger charge is 2.33. The van der Waals surface area contributed by atoms with Crippen LogP contribution in [0.15, 0.2) is 53.2 Å². The Balaban J connectivity index is 2.40. The second-order valence-electron chi connectivity index (χ2n) is 4.60. The van der Waals surface area contributed by atoms with Gasteiger partial charge < -0.3 is 0 Å². The molecule has 2 rings (SSSR count). The predicted molar refractivity (Wildman–Crippen MR) is 74.8 cm³/mol. The normalized spacial score (nSPS) is 15.4. The fraction of sp³-hybridized carbons (Fsp3) is 0.250. The molecule has 0 atom stereocenters. The monoisotopic (exact) mass is 272 g/mol. The third kappa shape index (κ3) is 2.67. The summed E-state index contributed by atoms with van der Waals surface area (Å²) in [6.07, 6.45) is 1.51. The molecule has 0 spiro atoms. The summed E-state index contributed by atoms with van der Waals surface area (Å²) in [7, 11) is 0. The first-order valence-corrected chi connectivity index (χ1v) is 6.33. The quantitative estimate of drug-likeness (QED) is 0.810. The minimum Gasteiger partial charge on any atom is -0.247 e. The molecule has 4 heteroatoms. The maximum Gasteiger partial charge on any atom is 0.289 e. The van der Waals surface area contributed by atoms with E-state index in [9.17, 15) is 8.78 Å². The minimum atomic E-state index is -2.92. The number of alkyl halides is 2. The van der Waals surface area contributed by atoms with Gasteiger partial charge in [0, 0.05) is 12.0 Å². The molecule has 0 unspecified atom stereocenters. The summed E-state index contributed by atoms with van der Waals surface area (Å²) in [5, 5.41) is 8.77. The number of hydrogen-bond acceptors (Lipinski definition) is 2. The lowest BCUT2D eigenvalue weighted by molar-refractivity contribution is 0.0359. The van der Waals surface area contributed by atoms with E-state index in [-0.39, 0.29) is 12.1 Å². The Bertz CT molecular complexity index is 631. The van der Waals surface area contributed by atoms with Crippen molar-refractivity contribution in [3.05, 3.63) is 59.3 Å². The number of halogens is 2. The number of rotatable bonds is 3. The van der Waals surface area contributed by atoms with Gasteiger partial charge in [-0.3, -0.25) is 0 Å². The van der Waals surface area contributed by atoms with Crippen molar-refractivity contribution in [2.24, 2.45) is 4.99 Å². The van der Waals surface area contributed by atoms with Crippen LogP contribution in [0.5, 0.6) is 0 Å². The van der Waals surface area contributed by atoms with Crippen molar-refractivity contribution in [3.8, 4) is 6.07 Å². The van der Waals surface area contributed by atoms with E-state index in [4.69, 9.17) is 5.26 Å². The van der Waals surface area contributed by atoms with Crippen LogP contribution in [0.2, 0.25) is 0 Å². The SMILES string of the molecule is C=C1CC=C(C(F)(F)CC)N=C1c1ccc(C#N)cc1. The highest BCUT2D eigenvalue weighted by molar-refractivity contribution is 6.13. The van der Waals surface area contributed by atoms with E-state index in [2.05, 4.69) is 11.6 Å². The van der Waals surface area contributed by atoms with Crippen LogP contribution in [0.1, 0.15) is 30.9 Å². The van der Waals surface area contributed by atoms with Crippen molar-refractivity contribution >= 4 is 5.71 Å². The Labute approximate surface area is 116 Å². The fourth-order valence-corrected chi connectivity index (χ4v) is 1.95. The highest BCUT2D eigenvalue weighted by Crippen LogP contribution is 2.33. The van der Waals surface area contributed by atoms with Crippen LogP contribution in [0, 0.1) is 11.3 Å². The molecule has 102 valence electrons. The maximum atomic E-state index is 13.7. The first-order valence-electron chi connectivity index (χ1n) is 6.33. The summed E-state index contributed by atoms with van der Waals surface area (Å²) in [5.41, 5.74) is 2.19. The molecular formula is C16H14F2N2. The number of allylic oxidation sites excluding steroid dienone is 3. The third-order valence-corrected chi connectivity index (χ3v) is 3.22. The second-order valence-corrected chi connectivity index (χ2v) is 4.60. The molecule has 0 amide bonds. The summed E-state index contributed by atoms with van der Waals surface area (Å²) in [4.78, 5) is 4.08. The van der Waals surface area contributed by atoms with E-state index in [1.54, 1.807) is 24.3 Å². The number of benzene rings is 1. The summed E-state index contributed by atoms with van der Waals surface area (Å²) in [6, 6.07) is 8.70. The first kappa shape index (κ1) is 14.1. The lowest BCUT2D eigenvalue weighted by Crippen LogP contribution is -2.21. The fourth-order valence-electron chi connectivity index (χ4n) is 1.95. The molecule has 0 saturated carbocycles. The molecule has 1 aliphatic rings. The zero-order valence-electron chi connectivity index (χ0n) is 11.2. The summed E-state index contributed by atoms with van der Waals surface area (Å²) in [5.74, 6) is -2.92. The average Bonchev–Trinajstić information content (AvgIpc) is 2.47. The summed E-state index contributed by atoms with van der Waals surface area (Å²) in [6.45, 7) is 5.30. The molecule has 1 heterocycles. The zero-order valence-corrected chi connectivity index (χ0v) is 11.2. The van der Waals surface area contributed by atoms with E-state index in [1.807, 2.05) is 6.07 Å². The molecule has 0 radical (unpaired) electrons. The van der Waals surface area contributed by atoms with Crippen LogP contribution in [-0.2, 0) is 0 Å². The van der Waals surface area contributed by atoms with Crippen LogP contribution in [-0.4, -0.2) is 11.6 Å². The molecule has 0 aromatic heterocycles. The number of aliphatic imine (C=N–C) groups is 1. The maximum absolute atomic E-state index is 13.7. The average molecular weight is 272 g/mol. The molecule has 0 bridgehead atoms. The number of hydrogen-bond donors (Lipinski definition) is 0. The topological polar surface area (TPSA) is 36.1 Å². The molecule has 0 N–H and O–H groups in total. The Morgan fingerprint density at radius 2 is 2.00 bits per heavy atom. The minimum absolute atomic E-state index is 0.202. The lowest BCUT2D eigenvalue weighted by Gasteiger charge is -2.21. The first-order chi connectivity index (χ1) is 9.47. The summed E-state index contributed by atoms with van der Waals surface area (Å²) < 4.78 is 27.5. The largest absolute Gasteiger partial charge is 0.289 e. The van der Waals surface area contributed by atoms with Gasteiger partial charge in [0.25, 0.3) is 5.92 Å². The second kappa shape index (κ2) is 5.38. The van der Waals surface area contributed by atoms with E-state index < -0.39 is 5.92 Å². The molecule has 1 aliphatic heterocycles. The van der Waals surface area contributed by atoms with Crippen molar-refractivity contribution < 1.29 is 8.78 Å². The predicted octanol–water partition coefficient (Wildman–Crippen LogP) is 4.24. The van der Waals surface area contributed by atoms with Gasteiger partial charge in [0.15, 0.2) is 0 Å². The van der Waals surface area contributed by atoms with Crippen LogP contribution in [0.3, 0.4) is 0 Å². The van der Waals surface area contributed by atoms with Gasteiger partial charge in [-0.25, -0.2) is 4.99 Å². The van der Waals surface area contributed by atoms with Gasteiger partial charge in [0.2, 0.25) is 0 Å². The number of nitriles is 1. The van der Waals surface area contributed by atoms with E-state index in [0.717, 1.165) is 0 Å². The molecule has 0 fully saturated rings. The highest BCUT2D eigenvalue weighted by atomic mass is 19.3. The molecule has 1 aromatic carbocycles. The third-order valence-electron chi connectivity index (χ3n) is 3.22. The Morgan fingerprint density at radius 3 is 2.55 bits per heavy atom.